The highest BCUT2D eigenvalue weighted by Crippen LogP contribution is 2.38. The number of halogens is 1. The van der Waals surface area contributed by atoms with Gasteiger partial charge in [-0.1, -0.05) is 29.8 Å². The quantitative estimate of drug-likeness (QED) is 0.918. The number of phenols is 1. The highest BCUT2D eigenvalue weighted by molar-refractivity contribution is 9.10. The second-order valence-corrected chi connectivity index (χ2v) is 6.26. The molecule has 0 spiro atoms. The third kappa shape index (κ3) is 2.78. The van der Waals surface area contributed by atoms with Crippen molar-refractivity contribution in [3.05, 3.63) is 28.2 Å². The number of nitrogens with zero attached hydrogens (tertiary/aromatic N) is 1. The Bertz CT molecular complexity index is 483. The Morgan fingerprint density at radius 3 is 2.63 bits per heavy atom. The van der Waals surface area contributed by atoms with Gasteiger partial charge in [-0.3, -0.25) is 4.79 Å². The van der Waals surface area contributed by atoms with Gasteiger partial charge in [0.2, 0.25) is 0 Å². The van der Waals surface area contributed by atoms with E-state index in [1.807, 2.05) is 4.90 Å². The number of hydrogen-bond donors (Lipinski definition) is 1. The van der Waals surface area contributed by atoms with Gasteiger partial charge in [-0.25, -0.2) is 0 Å². The summed E-state index contributed by atoms with van der Waals surface area (Å²) in [4.78, 5) is 14.3. The van der Waals surface area contributed by atoms with Crippen molar-refractivity contribution in [2.24, 2.45) is 5.41 Å². The van der Waals surface area contributed by atoms with Crippen LogP contribution in [0.2, 0.25) is 0 Å². The van der Waals surface area contributed by atoms with E-state index in [1.165, 1.54) is 0 Å². The van der Waals surface area contributed by atoms with Crippen LogP contribution >= 0.6 is 15.9 Å². The molecule has 1 heterocycles. The summed E-state index contributed by atoms with van der Waals surface area (Å²) in [5.74, 6) is -0.0151. The Labute approximate surface area is 122 Å². The summed E-state index contributed by atoms with van der Waals surface area (Å²) >= 11 is 3.28. The first kappa shape index (κ1) is 14.4. The van der Waals surface area contributed by atoms with E-state index in [-0.39, 0.29) is 17.1 Å². The smallest absolute Gasteiger partial charge is 0.257 e. The summed E-state index contributed by atoms with van der Waals surface area (Å²) in [5, 5.41) is 9.89. The van der Waals surface area contributed by atoms with Gasteiger partial charge in [0.1, 0.15) is 5.75 Å². The molecule has 1 N–H and O–H groups in total. The largest absolute Gasteiger partial charge is 0.507 e. The van der Waals surface area contributed by atoms with Crippen LogP contribution in [-0.4, -0.2) is 29.0 Å². The second kappa shape index (κ2) is 5.53. The number of rotatable bonds is 3. The van der Waals surface area contributed by atoms with Crippen LogP contribution in [0.1, 0.15) is 43.5 Å². The minimum atomic E-state index is -0.0613. The lowest BCUT2D eigenvalue weighted by molar-refractivity contribution is 0.0767. The lowest BCUT2D eigenvalue weighted by atomic mass is 9.82. The summed E-state index contributed by atoms with van der Waals surface area (Å²) in [5.41, 5.74) is 0.659. The summed E-state index contributed by atoms with van der Waals surface area (Å²) < 4.78 is 0.777. The SMILES string of the molecule is CCC1(CC)CCN(C(=O)c2ccc(Br)cc2O)C1. The Kier molecular flexibility index (Phi) is 4.19. The average Bonchev–Trinajstić information content (AvgIpc) is 2.83. The van der Waals surface area contributed by atoms with Crippen LogP contribution < -0.4 is 0 Å². The first-order chi connectivity index (χ1) is 9.01. The molecule has 0 unspecified atom stereocenters. The van der Waals surface area contributed by atoms with Gasteiger partial charge in [-0.05, 0) is 42.9 Å². The predicted molar refractivity (Wildman–Crippen MR) is 79.3 cm³/mol. The second-order valence-electron chi connectivity index (χ2n) is 5.35. The molecule has 0 atom stereocenters. The zero-order valence-electron chi connectivity index (χ0n) is 11.4. The first-order valence-electron chi connectivity index (χ1n) is 6.79. The molecule has 1 aliphatic heterocycles. The van der Waals surface area contributed by atoms with Crippen molar-refractivity contribution in [1.82, 2.24) is 4.90 Å². The molecule has 1 aromatic carbocycles. The number of aromatic hydroxyl groups is 1. The number of carbonyl (C=O) groups excluding carboxylic acids is 1. The molecule has 4 heteroatoms. The molecule has 0 bridgehead atoms. The number of likely N-dealkylation sites (tertiary alicyclic amines) is 1. The topological polar surface area (TPSA) is 40.5 Å². The normalized spacial score (nSPS) is 17.7. The van der Waals surface area contributed by atoms with Crippen molar-refractivity contribution in [1.29, 1.82) is 0 Å². The molecule has 2 rings (SSSR count). The van der Waals surface area contributed by atoms with Crippen molar-refractivity contribution in [3.8, 4) is 5.75 Å². The molecular formula is C15H20BrNO2. The minimum absolute atomic E-state index is 0.0462. The molecule has 1 amide bonds. The van der Waals surface area contributed by atoms with E-state index in [4.69, 9.17) is 0 Å². The minimum Gasteiger partial charge on any atom is -0.507 e. The molecule has 0 radical (unpaired) electrons. The van der Waals surface area contributed by atoms with E-state index in [0.717, 1.165) is 36.8 Å². The fourth-order valence-electron chi connectivity index (χ4n) is 2.79. The number of benzene rings is 1. The van der Waals surface area contributed by atoms with Gasteiger partial charge in [0, 0.05) is 17.6 Å². The van der Waals surface area contributed by atoms with Gasteiger partial charge >= 0.3 is 0 Å². The average molecular weight is 326 g/mol. The molecule has 1 fully saturated rings. The van der Waals surface area contributed by atoms with Crippen molar-refractivity contribution in [2.75, 3.05) is 13.1 Å². The third-order valence-electron chi connectivity index (χ3n) is 4.42. The van der Waals surface area contributed by atoms with E-state index in [9.17, 15) is 9.90 Å². The molecule has 0 saturated carbocycles. The first-order valence-corrected chi connectivity index (χ1v) is 7.58. The summed E-state index contributed by atoms with van der Waals surface area (Å²) in [6, 6.07) is 5.03. The lowest BCUT2D eigenvalue weighted by Gasteiger charge is -2.26. The highest BCUT2D eigenvalue weighted by atomic mass is 79.9. The van der Waals surface area contributed by atoms with Crippen molar-refractivity contribution >= 4 is 21.8 Å². The maximum atomic E-state index is 12.4. The monoisotopic (exact) mass is 325 g/mol. The van der Waals surface area contributed by atoms with Gasteiger partial charge < -0.3 is 10.0 Å². The van der Waals surface area contributed by atoms with E-state index in [1.54, 1.807) is 18.2 Å². The third-order valence-corrected chi connectivity index (χ3v) is 4.91. The van der Waals surface area contributed by atoms with Gasteiger partial charge in [-0.15, -0.1) is 0 Å². The zero-order valence-corrected chi connectivity index (χ0v) is 13.0. The molecule has 1 saturated heterocycles. The van der Waals surface area contributed by atoms with Crippen molar-refractivity contribution in [3.63, 3.8) is 0 Å². The molecule has 3 nitrogen and oxygen atoms in total. The zero-order chi connectivity index (χ0) is 14.0. The van der Waals surface area contributed by atoms with Gasteiger partial charge in [0.05, 0.1) is 5.56 Å². The Hall–Kier alpha value is -1.03. The molecule has 104 valence electrons. The summed E-state index contributed by atoms with van der Waals surface area (Å²) in [6.07, 6.45) is 3.25. The maximum Gasteiger partial charge on any atom is 0.257 e. The van der Waals surface area contributed by atoms with Crippen LogP contribution in [0.15, 0.2) is 22.7 Å². The number of phenolic OH excluding ortho intramolecular Hbond substituents is 1. The molecule has 1 aromatic rings. The Balaban J connectivity index is 2.17. The van der Waals surface area contributed by atoms with Crippen molar-refractivity contribution < 1.29 is 9.90 Å². The molecule has 0 aromatic heterocycles. The van der Waals surface area contributed by atoms with Gasteiger partial charge in [-0.2, -0.15) is 0 Å². The van der Waals surface area contributed by atoms with Crippen LogP contribution in [0.3, 0.4) is 0 Å². The summed E-state index contributed by atoms with van der Waals surface area (Å²) in [6.45, 7) is 5.97. The van der Waals surface area contributed by atoms with Gasteiger partial charge in [0.15, 0.2) is 0 Å². The van der Waals surface area contributed by atoms with E-state index in [2.05, 4.69) is 29.8 Å². The molecule has 19 heavy (non-hydrogen) atoms. The Morgan fingerprint density at radius 2 is 2.11 bits per heavy atom. The number of hydrogen-bond acceptors (Lipinski definition) is 2. The maximum absolute atomic E-state index is 12.4. The molecule has 0 aliphatic carbocycles. The fraction of sp³-hybridized carbons (Fsp3) is 0.533. The van der Waals surface area contributed by atoms with Crippen LogP contribution in [0.5, 0.6) is 5.75 Å². The standard InChI is InChI=1S/C15H20BrNO2/c1-3-15(4-2)7-8-17(10-15)14(19)12-6-5-11(16)9-13(12)18/h5-6,9,18H,3-4,7-8,10H2,1-2H3. The van der Waals surface area contributed by atoms with Crippen LogP contribution in [0.25, 0.3) is 0 Å². The fourth-order valence-corrected chi connectivity index (χ4v) is 3.14. The summed E-state index contributed by atoms with van der Waals surface area (Å²) in [7, 11) is 0. The van der Waals surface area contributed by atoms with Gasteiger partial charge in [0.25, 0.3) is 5.91 Å². The van der Waals surface area contributed by atoms with Crippen LogP contribution in [0.4, 0.5) is 0 Å². The molecule has 1 aliphatic rings. The van der Waals surface area contributed by atoms with Crippen LogP contribution in [0, 0.1) is 5.41 Å². The van der Waals surface area contributed by atoms with E-state index in [0.29, 0.717) is 5.56 Å². The van der Waals surface area contributed by atoms with Crippen LogP contribution in [-0.2, 0) is 0 Å². The Morgan fingerprint density at radius 1 is 1.42 bits per heavy atom. The highest BCUT2D eigenvalue weighted by Gasteiger charge is 2.37. The lowest BCUT2D eigenvalue weighted by Crippen LogP contribution is -2.31. The van der Waals surface area contributed by atoms with E-state index < -0.39 is 0 Å². The molecular weight excluding hydrogens is 306 g/mol. The predicted octanol–water partition coefficient (Wildman–Crippen LogP) is 3.81. The number of amides is 1. The number of carbonyl (C=O) groups is 1. The van der Waals surface area contributed by atoms with E-state index >= 15 is 0 Å². The van der Waals surface area contributed by atoms with Crippen molar-refractivity contribution in [2.45, 2.75) is 33.1 Å².